The predicted molar refractivity (Wildman–Crippen MR) is 102 cm³/mol. The normalized spacial score (nSPS) is 19.1. The van der Waals surface area contributed by atoms with E-state index in [1.165, 1.54) is 29.2 Å². The van der Waals surface area contributed by atoms with E-state index >= 15 is 0 Å². The molecule has 1 aromatic carbocycles. The number of rotatable bonds is 5. The number of hydrogen-bond donors (Lipinski definition) is 2. The molecule has 3 rings (SSSR count). The highest BCUT2D eigenvalue weighted by Crippen LogP contribution is 2.40. The number of carbonyl (C=O) groups excluding carboxylic acids is 2. The van der Waals surface area contributed by atoms with Crippen LogP contribution in [0, 0.1) is 19.7 Å². The van der Waals surface area contributed by atoms with Crippen molar-refractivity contribution in [2.24, 2.45) is 0 Å². The van der Waals surface area contributed by atoms with Crippen molar-refractivity contribution in [3.63, 3.8) is 0 Å². The van der Waals surface area contributed by atoms with E-state index in [1.54, 1.807) is 13.8 Å². The van der Waals surface area contributed by atoms with Crippen LogP contribution < -0.4 is 0 Å². The second-order valence-corrected chi connectivity index (χ2v) is 7.16. The van der Waals surface area contributed by atoms with Gasteiger partial charge in [-0.05, 0) is 45.6 Å². The van der Waals surface area contributed by atoms with Gasteiger partial charge in [0.1, 0.15) is 11.6 Å². The molecule has 0 radical (unpaired) electrons. The van der Waals surface area contributed by atoms with E-state index in [9.17, 15) is 19.1 Å². The maximum Gasteiger partial charge on any atom is 0.295 e. The number of ketones is 1. The van der Waals surface area contributed by atoms with Gasteiger partial charge in [-0.3, -0.25) is 14.7 Å². The van der Waals surface area contributed by atoms with Gasteiger partial charge in [-0.2, -0.15) is 5.10 Å². The van der Waals surface area contributed by atoms with Crippen LogP contribution in [-0.2, 0) is 9.59 Å². The first-order valence-electron chi connectivity index (χ1n) is 8.93. The fraction of sp³-hybridized carbons (Fsp3) is 0.350. The number of likely N-dealkylation sites (tertiary alicyclic amines) is 1. The Hall–Kier alpha value is -3.00. The molecular weight excluding hydrogens is 363 g/mol. The van der Waals surface area contributed by atoms with E-state index < -0.39 is 23.5 Å². The topological polar surface area (TPSA) is 89.5 Å². The van der Waals surface area contributed by atoms with Gasteiger partial charge in [-0.25, -0.2) is 4.39 Å². The molecule has 0 unspecified atom stereocenters. The highest BCUT2D eigenvalue weighted by atomic mass is 19.1. The minimum Gasteiger partial charge on any atom is -0.507 e. The first kappa shape index (κ1) is 19.8. The van der Waals surface area contributed by atoms with Crippen LogP contribution in [0.3, 0.4) is 0 Å². The summed E-state index contributed by atoms with van der Waals surface area (Å²) in [5.41, 5.74) is 2.06. The molecule has 0 aliphatic carbocycles. The minimum absolute atomic E-state index is 0.0111. The van der Waals surface area contributed by atoms with E-state index in [2.05, 4.69) is 10.2 Å². The number of nitrogens with zero attached hydrogens (tertiary/aromatic N) is 3. The summed E-state index contributed by atoms with van der Waals surface area (Å²) in [5, 5.41) is 17.8. The quantitative estimate of drug-likeness (QED) is 0.467. The number of carbonyl (C=O) groups is 2. The molecule has 2 heterocycles. The van der Waals surface area contributed by atoms with Crippen molar-refractivity contribution in [3.05, 3.63) is 58.2 Å². The number of Topliss-reactive ketones (excluding diaryl/α,β-unsaturated/α-hetero) is 1. The molecule has 1 fully saturated rings. The number of nitrogens with one attached hydrogen (secondary N) is 1. The van der Waals surface area contributed by atoms with Crippen LogP contribution in [-0.4, -0.2) is 64.0 Å². The first-order chi connectivity index (χ1) is 13.2. The third kappa shape index (κ3) is 3.43. The Morgan fingerprint density at radius 3 is 2.43 bits per heavy atom. The highest BCUT2D eigenvalue weighted by molar-refractivity contribution is 6.46. The summed E-state index contributed by atoms with van der Waals surface area (Å²) in [5.74, 6) is -2.14. The Kier molecular flexibility index (Phi) is 5.33. The van der Waals surface area contributed by atoms with Crippen LogP contribution in [0.25, 0.3) is 5.76 Å². The van der Waals surface area contributed by atoms with Crippen LogP contribution in [0.2, 0.25) is 0 Å². The number of aromatic amines is 1. The lowest BCUT2D eigenvalue weighted by molar-refractivity contribution is -0.140. The third-order valence-corrected chi connectivity index (χ3v) is 4.88. The summed E-state index contributed by atoms with van der Waals surface area (Å²) >= 11 is 0. The maximum atomic E-state index is 13.4. The fourth-order valence-electron chi connectivity index (χ4n) is 3.44. The van der Waals surface area contributed by atoms with Crippen molar-refractivity contribution in [3.8, 4) is 0 Å². The summed E-state index contributed by atoms with van der Waals surface area (Å²) in [7, 11) is 3.73. The fourth-order valence-corrected chi connectivity index (χ4v) is 3.44. The van der Waals surface area contributed by atoms with E-state index in [4.69, 9.17) is 0 Å². The Balaban J connectivity index is 2.18. The van der Waals surface area contributed by atoms with Crippen LogP contribution in [0.15, 0.2) is 29.8 Å². The average molecular weight is 386 g/mol. The number of aryl methyl sites for hydroxylation is 2. The van der Waals surface area contributed by atoms with Crippen molar-refractivity contribution in [2.45, 2.75) is 19.9 Å². The summed E-state index contributed by atoms with van der Waals surface area (Å²) in [6, 6.07) is 4.80. The van der Waals surface area contributed by atoms with E-state index in [1.807, 2.05) is 19.0 Å². The molecule has 0 spiro atoms. The lowest BCUT2D eigenvalue weighted by Crippen LogP contribution is -2.35. The number of likely N-dealkylation sites (N-methyl/N-ethyl adjacent to an activating group) is 1. The second kappa shape index (κ2) is 7.55. The van der Waals surface area contributed by atoms with Gasteiger partial charge in [0.25, 0.3) is 11.7 Å². The van der Waals surface area contributed by atoms with Crippen molar-refractivity contribution in [1.82, 2.24) is 20.0 Å². The summed E-state index contributed by atoms with van der Waals surface area (Å²) < 4.78 is 13.4. The second-order valence-electron chi connectivity index (χ2n) is 7.16. The van der Waals surface area contributed by atoms with Crippen molar-refractivity contribution < 1.29 is 19.1 Å². The number of halogens is 1. The van der Waals surface area contributed by atoms with Gasteiger partial charge < -0.3 is 14.9 Å². The van der Waals surface area contributed by atoms with Gasteiger partial charge in [0, 0.05) is 18.8 Å². The smallest absolute Gasteiger partial charge is 0.295 e. The Morgan fingerprint density at radius 2 is 1.89 bits per heavy atom. The third-order valence-electron chi connectivity index (χ3n) is 4.88. The van der Waals surface area contributed by atoms with E-state index in [0.29, 0.717) is 35.6 Å². The SMILES string of the molecule is Cc1n[nH]c(C)c1C(O)=C1C(=O)C(=O)N(CCN(C)C)[C@H]1c1ccc(F)cc1. The van der Waals surface area contributed by atoms with E-state index in [-0.39, 0.29) is 11.3 Å². The molecule has 0 saturated carbocycles. The zero-order chi connectivity index (χ0) is 20.6. The number of aromatic nitrogens is 2. The molecule has 1 aliphatic rings. The zero-order valence-electron chi connectivity index (χ0n) is 16.3. The number of amides is 1. The van der Waals surface area contributed by atoms with Gasteiger partial charge in [0.2, 0.25) is 0 Å². The summed E-state index contributed by atoms with van der Waals surface area (Å²) in [6.07, 6.45) is 0. The molecule has 28 heavy (non-hydrogen) atoms. The number of aliphatic hydroxyl groups is 1. The summed E-state index contributed by atoms with van der Waals surface area (Å²) in [6.45, 7) is 4.26. The van der Waals surface area contributed by atoms with Crippen molar-refractivity contribution in [2.75, 3.05) is 27.2 Å². The zero-order valence-corrected chi connectivity index (χ0v) is 16.3. The number of hydrogen-bond acceptors (Lipinski definition) is 5. The average Bonchev–Trinajstić information content (AvgIpc) is 3.10. The van der Waals surface area contributed by atoms with Crippen molar-refractivity contribution in [1.29, 1.82) is 0 Å². The van der Waals surface area contributed by atoms with Gasteiger partial charge in [0.05, 0.1) is 22.9 Å². The van der Waals surface area contributed by atoms with Gasteiger partial charge in [-0.1, -0.05) is 12.1 Å². The number of aliphatic hydroxyl groups excluding tert-OH is 1. The van der Waals surface area contributed by atoms with Gasteiger partial charge >= 0.3 is 0 Å². The standard InChI is InChI=1S/C20H23FN4O3/c1-11-15(12(2)23-22-11)18(26)16-17(13-5-7-14(21)8-6-13)25(10-9-24(3)4)20(28)19(16)27/h5-8,17,26H,9-10H2,1-4H3,(H,22,23)/t17-/m0/s1. The van der Waals surface area contributed by atoms with E-state index in [0.717, 1.165) is 0 Å². The Morgan fingerprint density at radius 1 is 1.25 bits per heavy atom. The molecule has 2 N–H and O–H groups in total. The van der Waals surface area contributed by atoms with Crippen molar-refractivity contribution >= 4 is 17.4 Å². The van der Waals surface area contributed by atoms with Crippen LogP contribution >= 0.6 is 0 Å². The number of H-pyrrole nitrogens is 1. The largest absolute Gasteiger partial charge is 0.507 e. The molecule has 1 saturated heterocycles. The molecule has 1 aromatic heterocycles. The van der Waals surface area contributed by atoms with Crippen LogP contribution in [0.1, 0.15) is 28.6 Å². The highest BCUT2D eigenvalue weighted by Gasteiger charge is 2.46. The molecule has 7 nitrogen and oxygen atoms in total. The van der Waals surface area contributed by atoms with Crippen LogP contribution in [0.4, 0.5) is 4.39 Å². The Labute approximate surface area is 162 Å². The minimum atomic E-state index is -0.797. The Bertz CT molecular complexity index is 927. The molecular formula is C20H23FN4O3. The lowest BCUT2D eigenvalue weighted by atomic mass is 9.94. The lowest BCUT2D eigenvalue weighted by Gasteiger charge is -2.26. The molecule has 1 aliphatic heterocycles. The molecule has 8 heteroatoms. The summed E-state index contributed by atoms with van der Waals surface area (Å²) in [4.78, 5) is 28.9. The monoisotopic (exact) mass is 386 g/mol. The molecule has 0 bridgehead atoms. The molecule has 1 amide bonds. The number of benzene rings is 1. The van der Waals surface area contributed by atoms with Crippen LogP contribution in [0.5, 0.6) is 0 Å². The maximum absolute atomic E-state index is 13.4. The first-order valence-corrected chi connectivity index (χ1v) is 8.93. The molecule has 2 aromatic rings. The molecule has 148 valence electrons. The molecule has 1 atom stereocenters. The van der Waals surface area contributed by atoms with Gasteiger partial charge in [0.15, 0.2) is 0 Å². The van der Waals surface area contributed by atoms with Gasteiger partial charge in [-0.15, -0.1) is 0 Å². The predicted octanol–water partition coefficient (Wildman–Crippen LogP) is 2.15.